The van der Waals surface area contributed by atoms with E-state index in [9.17, 15) is 31.8 Å². The molecule has 0 aliphatic heterocycles. The van der Waals surface area contributed by atoms with Gasteiger partial charge in [-0.3, -0.25) is 0 Å². The summed E-state index contributed by atoms with van der Waals surface area (Å²) in [7, 11) is -4.02. The fraction of sp³-hybridized carbons (Fsp3) is 0.733. The van der Waals surface area contributed by atoms with E-state index in [4.69, 9.17) is 0 Å². The fourth-order valence-electron chi connectivity index (χ4n) is 8.80. The molecule has 1 aromatic carbocycles. The molecule has 2 N–H and O–H groups in total. The van der Waals surface area contributed by atoms with Crippen LogP contribution >= 0.6 is 0 Å². The third kappa shape index (κ3) is 5.22. The van der Waals surface area contributed by atoms with Crippen LogP contribution in [0, 0.1) is 35.0 Å². The highest BCUT2D eigenvalue weighted by Gasteiger charge is 2.55. The van der Waals surface area contributed by atoms with Crippen molar-refractivity contribution in [2.45, 2.75) is 106 Å². The molecule has 0 heterocycles. The molecule has 1 aromatic rings. The number of allylic oxidation sites excluding steroid dienone is 1. The second-order valence-corrected chi connectivity index (χ2v) is 14.9. The van der Waals surface area contributed by atoms with Crippen LogP contribution in [0.25, 0.3) is 0 Å². The van der Waals surface area contributed by atoms with Crippen LogP contribution in [-0.4, -0.2) is 42.3 Å². The van der Waals surface area contributed by atoms with Gasteiger partial charge in [-0.1, -0.05) is 36.8 Å². The van der Waals surface area contributed by atoms with Crippen LogP contribution in [0.1, 0.15) is 77.6 Å². The van der Waals surface area contributed by atoms with E-state index in [-0.39, 0.29) is 28.8 Å². The van der Waals surface area contributed by atoms with E-state index in [1.54, 1.807) is 18.2 Å². The maximum atomic E-state index is 13.4. The molecule has 0 aromatic heterocycles. The number of rotatable bonds is 7. The Morgan fingerprint density at radius 1 is 1.05 bits per heavy atom. The van der Waals surface area contributed by atoms with Gasteiger partial charge in [-0.2, -0.15) is 13.2 Å². The summed E-state index contributed by atoms with van der Waals surface area (Å²) in [5.41, 5.74) is 1.50. The van der Waals surface area contributed by atoms with Gasteiger partial charge in [-0.25, -0.2) is 8.42 Å². The van der Waals surface area contributed by atoms with Crippen molar-refractivity contribution in [3.8, 4) is 0 Å². The van der Waals surface area contributed by atoms with Crippen molar-refractivity contribution in [1.82, 2.24) is 0 Å². The molecule has 0 radical (unpaired) electrons. The first-order valence-electron chi connectivity index (χ1n) is 14.3. The number of fused-ring (bicyclic) bond motifs is 5. The highest BCUT2D eigenvalue weighted by molar-refractivity contribution is 7.92. The largest absolute Gasteiger partial charge is 0.414 e. The molecule has 38 heavy (non-hydrogen) atoms. The normalized spacial score (nSPS) is 36.9. The van der Waals surface area contributed by atoms with Crippen LogP contribution in [0.4, 0.5) is 13.2 Å². The van der Waals surface area contributed by atoms with Gasteiger partial charge in [0.05, 0.1) is 16.2 Å². The highest BCUT2D eigenvalue weighted by Crippen LogP contribution is 2.64. The number of hydrogen-bond donors (Lipinski definition) is 2. The number of aliphatic hydroxyl groups excluding tert-OH is 2. The first kappa shape index (κ1) is 28.2. The first-order valence-corrected chi connectivity index (χ1v) is 15.9. The Balaban J connectivity index is 1.32. The van der Waals surface area contributed by atoms with Crippen LogP contribution < -0.4 is 0 Å². The van der Waals surface area contributed by atoms with Crippen LogP contribution in [0.2, 0.25) is 0 Å². The molecule has 4 aliphatic carbocycles. The van der Waals surface area contributed by atoms with Gasteiger partial charge in [0.2, 0.25) is 0 Å². The minimum Gasteiger partial charge on any atom is -0.393 e. The zero-order valence-electron chi connectivity index (χ0n) is 22.1. The quantitative estimate of drug-likeness (QED) is 0.379. The molecule has 8 heteroatoms. The van der Waals surface area contributed by atoms with Crippen molar-refractivity contribution in [1.29, 1.82) is 0 Å². The molecule has 4 aliphatic rings. The fourth-order valence-corrected chi connectivity index (χ4v) is 10.6. The number of benzene rings is 1. The zero-order valence-corrected chi connectivity index (χ0v) is 22.9. The third-order valence-electron chi connectivity index (χ3n) is 10.8. The molecule has 8 unspecified atom stereocenters. The van der Waals surface area contributed by atoms with E-state index in [2.05, 4.69) is 13.0 Å². The van der Waals surface area contributed by atoms with Crippen molar-refractivity contribution in [3.05, 3.63) is 42.0 Å². The van der Waals surface area contributed by atoms with Crippen LogP contribution in [0.15, 0.2) is 46.9 Å². The van der Waals surface area contributed by atoms with E-state index in [1.165, 1.54) is 17.7 Å². The predicted molar refractivity (Wildman–Crippen MR) is 140 cm³/mol. The lowest BCUT2D eigenvalue weighted by Crippen LogP contribution is -2.46. The molecule has 212 valence electrons. The summed E-state index contributed by atoms with van der Waals surface area (Å²) in [4.78, 5) is 0.0118. The Morgan fingerprint density at radius 2 is 1.79 bits per heavy atom. The highest BCUT2D eigenvalue weighted by atomic mass is 32.2. The van der Waals surface area contributed by atoms with Crippen LogP contribution in [0.3, 0.4) is 0 Å². The van der Waals surface area contributed by atoms with Gasteiger partial charge in [0.15, 0.2) is 15.9 Å². The van der Waals surface area contributed by atoms with Crippen molar-refractivity contribution < 1.29 is 31.8 Å². The van der Waals surface area contributed by atoms with Gasteiger partial charge in [0, 0.05) is 0 Å². The lowest BCUT2D eigenvalue weighted by Gasteiger charge is -2.54. The molecule has 5 rings (SSSR count). The maximum absolute atomic E-state index is 13.4. The number of aliphatic hydroxyl groups is 2. The minimum absolute atomic E-state index is 0.0118. The molecule has 0 bridgehead atoms. The van der Waals surface area contributed by atoms with E-state index in [0.29, 0.717) is 30.1 Å². The topological polar surface area (TPSA) is 74.6 Å². The van der Waals surface area contributed by atoms with Gasteiger partial charge in [0.25, 0.3) is 0 Å². The van der Waals surface area contributed by atoms with Gasteiger partial charge in [0.1, 0.15) is 0 Å². The molecule has 9 atom stereocenters. The second kappa shape index (κ2) is 10.5. The van der Waals surface area contributed by atoms with Gasteiger partial charge < -0.3 is 10.2 Å². The summed E-state index contributed by atoms with van der Waals surface area (Å²) in [6.07, 6.45) is 2.54. The number of halogens is 3. The van der Waals surface area contributed by atoms with Gasteiger partial charge in [-0.05, 0) is 118 Å². The van der Waals surface area contributed by atoms with Gasteiger partial charge in [-0.15, -0.1) is 0 Å². The third-order valence-corrected chi connectivity index (χ3v) is 13.1. The molecule has 0 saturated heterocycles. The number of sulfone groups is 1. The molecule has 4 nitrogen and oxygen atoms in total. The molecule has 0 spiro atoms. The van der Waals surface area contributed by atoms with E-state index in [1.807, 2.05) is 0 Å². The average Bonchev–Trinajstić information content (AvgIpc) is 3.22. The average molecular weight is 555 g/mol. The SMILES string of the molecule is CC12CCC3C4CCC(O)CC4=CCC3C1CC[C@@H]2CCC(CC(O)C(F)(F)F)S(=O)(=O)c1ccccc1. The van der Waals surface area contributed by atoms with Crippen molar-refractivity contribution in [2.24, 2.45) is 35.0 Å². The Morgan fingerprint density at radius 3 is 2.50 bits per heavy atom. The monoisotopic (exact) mass is 554 g/mol. The van der Waals surface area contributed by atoms with Crippen molar-refractivity contribution >= 4 is 9.84 Å². The number of alkyl halides is 3. The standard InChI is InChI=1S/C30H41F3O4S/c1-29-16-15-25-24-13-10-21(34)17-19(24)7-12-26(25)27(29)14-9-20(29)8-11-23(18-28(35)30(31,32)33)38(36,37)22-5-3-2-4-6-22/h2-7,20-21,23-28,34-35H,8-18H2,1H3/t20-,21?,23?,24?,25?,26?,27?,28?,29?/m0/s1. The maximum Gasteiger partial charge on any atom is 0.414 e. The summed E-state index contributed by atoms with van der Waals surface area (Å²) in [5, 5.41) is 18.7. The Hall–Kier alpha value is -1.38. The summed E-state index contributed by atoms with van der Waals surface area (Å²) >= 11 is 0. The van der Waals surface area contributed by atoms with Crippen molar-refractivity contribution in [2.75, 3.05) is 0 Å². The van der Waals surface area contributed by atoms with E-state index >= 15 is 0 Å². The molecule has 3 fully saturated rings. The minimum atomic E-state index is -4.85. The zero-order chi connectivity index (χ0) is 27.3. The van der Waals surface area contributed by atoms with Crippen LogP contribution in [-0.2, 0) is 9.84 Å². The smallest absolute Gasteiger partial charge is 0.393 e. The molecule has 0 amide bonds. The molecule has 3 saturated carbocycles. The summed E-state index contributed by atoms with van der Waals surface area (Å²) in [5.74, 6) is 2.63. The Labute approximate surface area is 224 Å². The summed E-state index contributed by atoms with van der Waals surface area (Å²) in [6, 6.07) is 7.66. The lowest BCUT2D eigenvalue weighted by atomic mass is 9.51. The Bertz CT molecular complexity index is 1120. The van der Waals surface area contributed by atoms with E-state index in [0.717, 1.165) is 51.4 Å². The van der Waals surface area contributed by atoms with Crippen LogP contribution in [0.5, 0.6) is 0 Å². The molecular formula is C30H41F3O4S. The predicted octanol–water partition coefficient (Wildman–Crippen LogP) is 6.47. The van der Waals surface area contributed by atoms with Crippen molar-refractivity contribution in [3.63, 3.8) is 0 Å². The first-order chi connectivity index (χ1) is 17.9. The van der Waals surface area contributed by atoms with Gasteiger partial charge >= 0.3 is 6.18 Å². The molecular weight excluding hydrogens is 513 g/mol. The summed E-state index contributed by atoms with van der Waals surface area (Å²) in [6.45, 7) is 2.33. The number of hydrogen-bond acceptors (Lipinski definition) is 4. The lowest BCUT2D eigenvalue weighted by molar-refractivity contribution is -0.205. The summed E-state index contributed by atoms with van der Waals surface area (Å²) < 4.78 is 66.6. The second-order valence-electron chi connectivity index (χ2n) is 12.7. The van der Waals surface area contributed by atoms with E-state index < -0.39 is 33.8 Å². The Kier molecular flexibility index (Phi) is 7.82.